The minimum Gasteiger partial charge on any atom is -0.493 e. The van der Waals surface area contributed by atoms with Crippen molar-refractivity contribution in [3.05, 3.63) is 46.8 Å². The Morgan fingerprint density at radius 3 is 2.07 bits per heavy atom. The molecular weight excluding hydrogens is 362 g/mol. The molecule has 0 spiro atoms. The maximum Gasteiger partial charge on any atom is 0.331 e. The predicted octanol–water partition coefficient (Wildman–Crippen LogP) is 3.11. The summed E-state index contributed by atoms with van der Waals surface area (Å²) in [5, 5.41) is 0. The van der Waals surface area contributed by atoms with Crippen molar-refractivity contribution in [2.45, 2.75) is 13.8 Å². The number of hydrogen-bond donors (Lipinski definition) is 0. The van der Waals surface area contributed by atoms with Crippen LogP contribution in [-0.4, -0.2) is 44.3 Å². The van der Waals surface area contributed by atoms with Gasteiger partial charge in [0.05, 0.1) is 21.3 Å². The Bertz CT molecular complexity index is 885. The molecule has 7 heteroatoms. The molecule has 28 heavy (non-hydrogen) atoms. The molecule has 2 rings (SSSR count). The molecule has 0 unspecified atom stereocenters. The number of ether oxygens (including phenoxy) is 4. The Hall–Kier alpha value is -3.22. The molecule has 0 saturated heterocycles. The first kappa shape index (κ1) is 21.1. The maximum atomic E-state index is 12.3. The molecular formula is C21H25NO6. The van der Waals surface area contributed by atoms with E-state index in [0.717, 1.165) is 11.4 Å². The van der Waals surface area contributed by atoms with Crippen LogP contribution in [0, 0.1) is 13.8 Å². The number of hydrogen-bond acceptors (Lipinski definition) is 6. The van der Waals surface area contributed by atoms with Crippen molar-refractivity contribution in [1.29, 1.82) is 0 Å². The van der Waals surface area contributed by atoms with Crippen LogP contribution in [-0.2, 0) is 16.6 Å². The number of aryl methyl sites for hydroxylation is 1. The number of nitrogens with zero attached hydrogens (tertiary/aromatic N) is 1. The van der Waals surface area contributed by atoms with Gasteiger partial charge in [0.15, 0.2) is 18.1 Å². The molecule has 2 aromatic rings. The topological polar surface area (TPSA) is 76.0 Å². The van der Waals surface area contributed by atoms with E-state index in [4.69, 9.17) is 18.9 Å². The third kappa shape index (κ3) is 4.54. The van der Waals surface area contributed by atoms with E-state index in [0.29, 0.717) is 28.4 Å². The molecule has 1 aromatic carbocycles. The number of ketones is 1. The second-order valence-electron chi connectivity index (χ2n) is 6.17. The van der Waals surface area contributed by atoms with Crippen molar-refractivity contribution >= 4 is 17.8 Å². The number of carbonyl (C=O) groups excluding carboxylic acids is 2. The molecule has 0 radical (unpaired) electrons. The Kier molecular flexibility index (Phi) is 6.87. The summed E-state index contributed by atoms with van der Waals surface area (Å²) in [7, 11) is 6.42. The second-order valence-corrected chi connectivity index (χ2v) is 6.17. The number of benzene rings is 1. The molecule has 0 aliphatic rings. The first-order valence-electron chi connectivity index (χ1n) is 8.63. The van der Waals surface area contributed by atoms with E-state index >= 15 is 0 Å². The van der Waals surface area contributed by atoms with E-state index in [9.17, 15) is 9.59 Å². The quantitative estimate of drug-likeness (QED) is 0.394. The SMILES string of the molecule is COc1cc(C=CC(=O)OCC(=O)c2cc(C)n(C)c2C)cc(OC)c1OC. The normalized spacial score (nSPS) is 10.8. The van der Waals surface area contributed by atoms with Crippen LogP contribution in [0.1, 0.15) is 27.3 Å². The first-order chi connectivity index (χ1) is 13.3. The predicted molar refractivity (Wildman–Crippen MR) is 105 cm³/mol. The van der Waals surface area contributed by atoms with Crippen LogP contribution < -0.4 is 14.2 Å². The number of carbonyl (C=O) groups is 2. The summed E-state index contributed by atoms with van der Waals surface area (Å²) in [6.45, 7) is 3.45. The monoisotopic (exact) mass is 387 g/mol. The summed E-state index contributed by atoms with van der Waals surface area (Å²) in [6, 6.07) is 5.19. The fraction of sp³-hybridized carbons (Fsp3) is 0.333. The number of methoxy groups -OCH3 is 3. The second kappa shape index (κ2) is 9.12. The summed E-state index contributed by atoms with van der Waals surface area (Å²) < 4.78 is 22.8. The molecule has 0 saturated carbocycles. The van der Waals surface area contributed by atoms with Gasteiger partial charge in [-0.15, -0.1) is 0 Å². The minimum atomic E-state index is -0.618. The molecule has 150 valence electrons. The number of esters is 1. The van der Waals surface area contributed by atoms with Gasteiger partial charge in [0.1, 0.15) is 0 Å². The summed E-state index contributed by atoms with van der Waals surface area (Å²) in [4.78, 5) is 24.3. The smallest absolute Gasteiger partial charge is 0.331 e. The Morgan fingerprint density at radius 1 is 1.00 bits per heavy atom. The standard InChI is InChI=1S/C21H25NO6/c1-13-9-16(14(2)22(13)3)17(23)12-28-20(24)8-7-15-10-18(25-4)21(27-6)19(11-15)26-5/h7-11H,12H2,1-6H3. The third-order valence-corrected chi connectivity index (χ3v) is 4.52. The molecule has 1 heterocycles. The van der Waals surface area contributed by atoms with Crippen LogP contribution >= 0.6 is 0 Å². The molecule has 0 atom stereocenters. The zero-order valence-electron chi connectivity index (χ0n) is 17.0. The van der Waals surface area contributed by atoms with Gasteiger partial charge in [-0.05, 0) is 43.7 Å². The average molecular weight is 387 g/mol. The molecule has 0 aliphatic heterocycles. The van der Waals surface area contributed by atoms with Gasteiger partial charge < -0.3 is 23.5 Å². The van der Waals surface area contributed by atoms with Crippen molar-refractivity contribution < 1.29 is 28.5 Å². The third-order valence-electron chi connectivity index (χ3n) is 4.52. The fourth-order valence-corrected chi connectivity index (χ4v) is 2.76. The summed E-state index contributed by atoms with van der Waals surface area (Å²) in [6.07, 6.45) is 2.80. The van der Waals surface area contributed by atoms with Crippen LogP contribution in [0.15, 0.2) is 24.3 Å². The van der Waals surface area contributed by atoms with Crippen LogP contribution in [0.4, 0.5) is 0 Å². The van der Waals surface area contributed by atoms with Crippen molar-refractivity contribution in [2.75, 3.05) is 27.9 Å². The number of rotatable bonds is 8. The lowest BCUT2D eigenvalue weighted by Crippen LogP contribution is -2.13. The highest BCUT2D eigenvalue weighted by atomic mass is 16.5. The molecule has 0 bridgehead atoms. The van der Waals surface area contributed by atoms with Crippen molar-refractivity contribution in [3.63, 3.8) is 0 Å². The fourth-order valence-electron chi connectivity index (χ4n) is 2.76. The molecule has 1 aromatic heterocycles. The van der Waals surface area contributed by atoms with Gasteiger partial charge in [-0.25, -0.2) is 4.79 Å². The Balaban J connectivity index is 2.05. The number of Topliss-reactive ketones (excluding diaryl/α,β-unsaturated/α-hetero) is 1. The summed E-state index contributed by atoms with van der Waals surface area (Å²) in [5.74, 6) is 0.548. The minimum absolute atomic E-state index is 0.240. The van der Waals surface area contributed by atoms with E-state index in [1.54, 1.807) is 24.3 Å². The molecule has 0 fully saturated rings. The average Bonchev–Trinajstić information content (AvgIpc) is 2.96. The molecule has 0 N–H and O–H groups in total. The van der Waals surface area contributed by atoms with Gasteiger partial charge in [0.25, 0.3) is 0 Å². The van der Waals surface area contributed by atoms with Crippen molar-refractivity contribution in [2.24, 2.45) is 7.05 Å². The van der Waals surface area contributed by atoms with Crippen LogP contribution in [0.3, 0.4) is 0 Å². The highest BCUT2D eigenvalue weighted by Crippen LogP contribution is 2.38. The molecule has 0 aliphatic carbocycles. The highest BCUT2D eigenvalue weighted by Gasteiger charge is 2.16. The summed E-state index contributed by atoms with van der Waals surface area (Å²) >= 11 is 0. The van der Waals surface area contributed by atoms with Gasteiger partial charge in [-0.3, -0.25) is 4.79 Å². The van der Waals surface area contributed by atoms with Gasteiger partial charge in [-0.1, -0.05) is 0 Å². The van der Waals surface area contributed by atoms with Gasteiger partial charge in [0.2, 0.25) is 11.5 Å². The number of aromatic nitrogens is 1. The zero-order valence-corrected chi connectivity index (χ0v) is 17.0. The summed E-state index contributed by atoms with van der Waals surface area (Å²) in [5.41, 5.74) is 3.02. The lowest BCUT2D eigenvalue weighted by molar-refractivity contribution is -0.136. The van der Waals surface area contributed by atoms with E-state index in [-0.39, 0.29) is 12.4 Å². The van der Waals surface area contributed by atoms with E-state index < -0.39 is 5.97 Å². The Morgan fingerprint density at radius 2 is 1.61 bits per heavy atom. The Labute approximate surface area is 164 Å². The molecule has 7 nitrogen and oxygen atoms in total. The van der Waals surface area contributed by atoms with Crippen LogP contribution in [0.25, 0.3) is 6.08 Å². The largest absolute Gasteiger partial charge is 0.493 e. The van der Waals surface area contributed by atoms with Crippen LogP contribution in [0.5, 0.6) is 17.2 Å². The van der Waals surface area contributed by atoms with Gasteiger partial charge in [0, 0.05) is 30.1 Å². The lowest BCUT2D eigenvalue weighted by atomic mass is 10.1. The highest BCUT2D eigenvalue weighted by molar-refractivity contribution is 6.00. The van der Waals surface area contributed by atoms with Crippen molar-refractivity contribution in [1.82, 2.24) is 4.57 Å². The van der Waals surface area contributed by atoms with E-state index in [2.05, 4.69) is 0 Å². The van der Waals surface area contributed by atoms with Gasteiger partial charge in [-0.2, -0.15) is 0 Å². The van der Waals surface area contributed by atoms with Gasteiger partial charge >= 0.3 is 5.97 Å². The van der Waals surface area contributed by atoms with E-state index in [1.807, 2.05) is 25.5 Å². The lowest BCUT2D eigenvalue weighted by Gasteiger charge is -2.12. The maximum absolute atomic E-state index is 12.3. The first-order valence-corrected chi connectivity index (χ1v) is 8.63. The zero-order chi connectivity index (χ0) is 20.8. The van der Waals surface area contributed by atoms with Crippen LogP contribution in [0.2, 0.25) is 0 Å². The van der Waals surface area contributed by atoms with Crippen molar-refractivity contribution in [3.8, 4) is 17.2 Å². The molecule has 0 amide bonds. The van der Waals surface area contributed by atoms with E-state index in [1.165, 1.54) is 27.4 Å².